The van der Waals surface area contributed by atoms with Gasteiger partial charge in [-0.15, -0.1) is 0 Å². The van der Waals surface area contributed by atoms with E-state index in [1.165, 1.54) is 5.56 Å². The maximum Gasteiger partial charge on any atom is 0.276 e. The first-order chi connectivity index (χ1) is 10.6. The Bertz CT molecular complexity index is 623. The van der Waals surface area contributed by atoms with Crippen LogP contribution >= 0.6 is 0 Å². The normalized spacial score (nSPS) is 10.1. The van der Waals surface area contributed by atoms with Crippen molar-refractivity contribution in [2.45, 2.75) is 20.8 Å². The van der Waals surface area contributed by atoms with E-state index in [4.69, 9.17) is 4.74 Å². The fourth-order valence-electron chi connectivity index (χ4n) is 2.10. The van der Waals surface area contributed by atoms with Crippen molar-refractivity contribution < 1.29 is 9.53 Å². The van der Waals surface area contributed by atoms with Crippen molar-refractivity contribution in [3.63, 3.8) is 0 Å². The molecule has 0 atom stereocenters. The zero-order valence-corrected chi connectivity index (χ0v) is 13.3. The van der Waals surface area contributed by atoms with E-state index in [1.54, 1.807) is 0 Å². The highest BCUT2D eigenvalue weighted by Crippen LogP contribution is 2.16. The summed E-state index contributed by atoms with van der Waals surface area (Å²) in [5, 5.41) is 1.81. The number of hydrogen-bond donors (Lipinski definition) is 1. The average molecular weight is 298 g/mol. The summed E-state index contributed by atoms with van der Waals surface area (Å²) in [6.45, 7) is 6.65. The minimum Gasteiger partial charge on any atom is -0.483 e. The summed E-state index contributed by atoms with van der Waals surface area (Å²) in [5.41, 5.74) is 6.02. The van der Waals surface area contributed by atoms with E-state index in [-0.39, 0.29) is 12.5 Å². The molecule has 4 nitrogen and oxygen atoms in total. The van der Waals surface area contributed by atoms with Crippen LogP contribution in [0.15, 0.2) is 48.5 Å². The highest BCUT2D eigenvalue weighted by atomic mass is 16.5. The van der Waals surface area contributed by atoms with Crippen molar-refractivity contribution in [2.75, 3.05) is 18.2 Å². The van der Waals surface area contributed by atoms with Gasteiger partial charge in [0, 0.05) is 6.54 Å². The molecule has 0 bridgehead atoms. The summed E-state index contributed by atoms with van der Waals surface area (Å²) >= 11 is 0. The van der Waals surface area contributed by atoms with Crippen LogP contribution in [0.4, 0.5) is 5.69 Å². The Morgan fingerprint density at radius 3 is 2.41 bits per heavy atom. The maximum atomic E-state index is 12.1. The fraction of sp³-hybridized carbons (Fsp3) is 0.278. The SMILES string of the molecule is CCN(NC(=O)COc1ccccc1C)c1ccc(C)cc1. The first-order valence-electron chi connectivity index (χ1n) is 7.42. The number of benzene rings is 2. The quantitative estimate of drug-likeness (QED) is 0.832. The van der Waals surface area contributed by atoms with Crippen LogP contribution in [0.3, 0.4) is 0 Å². The summed E-state index contributed by atoms with van der Waals surface area (Å²) in [4.78, 5) is 12.1. The summed E-state index contributed by atoms with van der Waals surface area (Å²) in [7, 11) is 0. The number of hydrogen-bond acceptors (Lipinski definition) is 3. The minimum atomic E-state index is -0.175. The number of hydrazine groups is 1. The topological polar surface area (TPSA) is 41.6 Å². The number of para-hydroxylation sites is 1. The van der Waals surface area contributed by atoms with Crippen LogP contribution in [0.25, 0.3) is 0 Å². The zero-order chi connectivity index (χ0) is 15.9. The molecule has 1 amide bonds. The lowest BCUT2D eigenvalue weighted by Gasteiger charge is -2.24. The van der Waals surface area contributed by atoms with Crippen LogP contribution in [0.5, 0.6) is 5.75 Å². The predicted octanol–water partition coefficient (Wildman–Crippen LogP) is 3.24. The molecule has 2 aromatic carbocycles. The van der Waals surface area contributed by atoms with Gasteiger partial charge in [-0.05, 0) is 44.5 Å². The van der Waals surface area contributed by atoms with Crippen molar-refractivity contribution in [3.05, 3.63) is 59.7 Å². The molecule has 0 unspecified atom stereocenters. The van der Waals surface area contributed by atoms with E-state index in [0.29, 0.717) is 6.54 Å². The Morgan fingerprint density at radius 1 is 1.09 bits per heavy atom. The van der Waals surface area contributed by atoms with Gasteiger partial charge in [0.05, 0.1) is 5.69 Å². The summed E-state index contributed by atoms with van der Waals surface area (Å²) in [6, 6.07) is 15.7. The first kappa shape index (κ1) is 15.9. The molecule has 0 saturated carbocycles. The molecular formula is C18H22N2O2. The number of amides is 1. The molecule has 0 aliphatic heterocycles. The van der Waals surface area contributed by atoms with Crippen molar-refractivity contribution in [3.8, 4) is 5.75 Å². The highest BCUT2D eigenvalue weighted by Gasteiger charge is 2.09. The molecule has 0 radical (unpaired) electrons. The van der Waals surface area contributed by atoms with Crippen molar-refractivity contribution >= 4 is 11.6 Å². The standard InChI is InChI=1S/C18H22N2O2/c1-4-20(16-11-9-14(2)10-12-16)19-18(21)13-22-17-8-6-5-7-15(17)3/h5-12H,4,13H2,1-3H3,(H,19,21). The lowest BCUT2D eigenvalue weighted by molar-refractivity contribution is -0.123. The number of carbonyl (C=O) groups excluding carboxylic acids is 1. The van der Waals surface area contributed by atoms with E-state index in [9.17, 15) is 4.79 Å². The Morgan fingerprint density at radius 2 is 1.77 bits per heavy atom. The molecule has 22 heavy (non-hydrogen) atoms. The molecule has 0 spiro atoms. The molecule has 0 fully saturated rings. The van der Waals surface area contributed by atoms with Gasteiger partial charge in [0.25, 0.3) is 5.91 Å². The summed E-state index contributed by atoms with van der Waals surface area (Å²) in [5.74, 6) is 0.557. The van der Waals surface area contributed by atoms with Crippen LogP contribution < -0.4 is 15.2 Å². The van der Waals surface area contributed by atoms with E-state index in [1.807, 2.05) is 74.3 Å². The molecule has 116 valence electrons. The van der Waals surface area contributed by atoms with Gasteiger partial charge in [-0.2, -0.15) is 0 Å². The summed E-state index contributed by atoms with van der Waals surface area (Å²) < 4.78 is 5.56. The fourth-order valence-corrected chi connectivity index (χ4v) is 2.10. The van der Waals surface area contributed by atoms with Gasteiger partial charge in [-0.25, -0.2) is 0 Å². The molecule has 0 aromatic heterocycles. The second kappa shape index (κ2) is 7.50. The lowest BCUT2D eigenvalue weighted by Crippen LogP contribution is -2.44. The Labute approximate surface area is 131 Å². The van der Waals surface area contributed by atoms with E-state index >= 15 is 0 Å². The van der Waals surface area contributed by atoms with Gasteiger partial charge in [0.2, 0.25) is 0 Å². The van der Waals surface area contributed by atoms with Gasteiger partial charge in [-0.1, -0.05) is 35.9 Å². The molecule has 1 N–H and O–H groups in total. The van der Waals surface area contributed by atoms with Crippen LogP contribution in [0.2, 0.25) is 0 Å². The van der Waals surface area contributed by atoms with Gasteiger partial charge >= 0.3 is 0 Å². The molecule has 0 heterocycles. The Balaban J connectivity index is 1.92. The predicted molar refractivity (Wildman–Crippen MR) is 89.0 cm³/mol. The first-order valence-corrected chi connectivity index (χ1v) is 7.42. The molecule has 4 heteroatoms. The highest BCUT2D eigenvalue weighted by molar-refractivity contribution is 5.79. The number of carbonyl (C=O) groups is 1. The van der Waals surface area contributed by atoms with Crippen molar-refractivity contribution in [1.82, 2.24) is 5.43 Å². The van der Waals surface area contributed by atoms with Gasteiger partial charge in [0.15, 0.2) is 6.61 Å². The van der Waals surface area contributed by atoms with Crippen LogP contribution in [0.1, 0.15) is 18.1 Å². The number of nitrogens with zero attached hydrogens (tertiary/aromatic N) is 1. The number of rotatable bonds is 6. The van der Waals surface area contributed by atoms with Crippen LogP contribution in [0, 0.1) is 13.8 Å². The lowest BCUT2D eigenvalue weighted by atomic mass is 10.2. The van der Waals surface area contributed by atoms with Gasteiger partial charge in [-0.3, -0.25) is 15.2 Å². The van der Waals surface area contributed by atoms with Crippen molar-refractivity contribution in [2.24, 2.45) is 0 Å². The van der Waals surface area contributed by atoms with Gasteiger partial charge < -0.3 is 4.74 Å². The van der Waals surface area contributed by atoms with Crippen molar-refractivity contribution in [1.29, 1.82) is 0 Å². The van der Waals surface area contributed by atoms with E-state index in [0.717, 1.165) is 17.0 Å². The second-order valence-electron chi connectivity index (χ2n) is 5.17. The molecule has 2 aromatic rings. The van der Waals surface area contributed by atoms with E-state index < -0.39 is 0 Å². The Kier molecular flexibility index (Phi) is 5.42. The molecule has 0 aliphatic rings. The smallest absolute Gasteiger partial charge is 0.276 e. The number of anilines is 1. The van der Waals surface area contributed by atoms with Gasteiger partial charge in [0.1, 0.15) is 5.75 Å². The number of nitrogens with one attached hydrogen (secondary N) is 1. The largest absolute Gasteiger partial charge is 0.483 e. The third kappa shape index (κ3) is 4.25. The molecule has 0 aliphatic carbocycles. The third-order valence-corrected chi connectivity index (χ3v) is 3.37. The van der Waals surface area contributed by atoms with E-state index in [2.05, 4.69) is 5.43 Å². The minimum absolute atomic E-state index is 0.00673. The number of aryl methyl sites for hydroxylation is 2. The zero-order valence-electron chi connectivity index (χ0n) is 13.3. The second-order valence-corrected chi connectivity index (χ2v) is 5.17. The average Bonchev–Trinajstić information content (AvgIpc) is 2.53. The molecule has 0 saturated heterocycles. The maximum absolute atomic E-state index is 12.1. The number of ether oxygens (including phenoxy) is 1. The molecule has 2 rings (SSSR count). The monoisotopic (exact) mass is 298 g/mol. The molecular weight excluding hydrogens is 276 g/mol. The third-order valence-electron chi connectivity index (χ3n) is 3.37. The Hall–Kier alpha value is -2.49. The van der Waals surface area contributed by atoms with Crippen LogP contribution in [-0.2, 0) is 4.79 Å². The van der Waals surface area contributed by atoms with Crippen LogP contribution in [-0.4, -0.2) is 19.1 Å². The summed E-state index contributed by atoms with van der Waals surface area (Å²) in [6.07, 6.45) is 0.